The maximum absolute atomic E-state index is 9.01. The number of nitrogens with zero attached hydrogens (tertiary/aromatic N) is 3. The SMILES string of the molecule is N#Cc1cc(B(O)O)cnc1N1CCCC1. The molecule has 0 bridgehead atoms. The zero-order chi connectivity index (χ0) is 11.5. The van der Waals surface area contributed by atoms with Crippen molar-refractivity contribution in [1.29, 1.82) is 5.26 Å². The molecule has 1 aliphatic heterocycles. The average Bonchev–Trinajstić information content (AvgIpc) is 2.81. The molecule has 0 aromatic carbocycles. The molecule has 0 spiro atoms. The highest BCUT2D eigenvalue weighted by molar-refractivity contribution is 6.58. The number of hydrogen-bond acceptors (Lipinski definition) is 5. The van der Waals surface area contributed by atoms with Crippen LogP contribution in [0.5, 0.6) is 0 Å². The second kappa shape index (κ2) is 4.52. The molecule has 0 amide bonds. The van der Waals surface area contributed by atoms with E-state index in [-0.39, 0.29) is 5.46 Å². The highest BCUT2D eigenvalue weighted by Crippen LogP contribution is 2.20. The summed E-state index contributed by atoms with van der Waals surface area (Å²) >= 11 is 0. The van der Waals surface area contributed by atoms with Gasteiger partial charge in [0.1, 0.15) is 11.9 Å². The predicted molar refractivity (Wildman–Crippen MR) is 60.2 cm³/mol. The van der Waals surface area contributed by atoms with E-state index < -0.39 is 7.12 Å². The number of rotatable bonds is 2. The molecule has 0 saturated carbocycles. The van der Waals surface area contributed by atoms with Crippen LogP contribution in [0.3, 0.4) is 0 Å². The topological polar surface area (TPSA) is 80.4 Å². The molecule has 6 heteroatoms. The van der Waals surface area contributed by atoms with Crippen molar-refractivity contribution in [2.75, 3.05) is 18.0 Å². The fourth-order valence-corrected chi connectivity index (χ4v) is 1.88. The Kier molecular flexibility index (Phi) is 3.08. The average molecular weight is 217 g/mol. The van der Waals surface area contributed by atoms with E-state index in [2.05, 4.69) is 4.98 Å². The molecule has 1 saturated heterocycles. The lowest BCUT2D eigenvalue weighted by atomic mass is 9.81. The lowest BCUT2D eigenvalue weighted by Gasteiger charge is -2.17. The minimum atomic E-state index is -1.58. The van der Waals surface area contributed by atoms with Gasteiger partial charge in [0.05, 0.1) is 5.56 Å². The third-order valence-electron chi connectivity index (χ3n) is 2.71. The Morgan fingerprint density at radius 2 is 2.06 bits per heavy atom. The van der Waals surface area contributed by atoms with Crippen LogP contribution in [0, 0.1) is 11.3 Å². The summed E-state index contributed by atoms with van der Waals surface area (Å²) in [6.45, 7) is 1.81. The molecule has 1 fully saturated rings. The van der Waals surface area contributed by atoms with E-state index in [1.807, 2.05) is 11.0 Å². The van der Waals surface area contributed by atoms with Gasteiger partial charge >= 0.3 is 7.12 Å². The molecule has 0 radical (unpaired) electrons. The molecular formula is C10H12BN3O2. The fraction of sp³-hybridized carbons (Fsp3) is 0.400. The largest absolute Gasteiger partial charge is 0.490 e. The summed E-state index contributed by atoms with van der Waals surface area (Å²) in [5, 5.41) is 27.0. The van der Waals surface area contributed by atoms with E-state index in [0.29, 0.717) is 11.4 Å². The van der Waals surface area contributed by atoms with Crippen LogP contribution in [0.2, 0.25) is 0 Å². The predicted octanol–water partition coefficient (Wildman–Crippen LogP) is -0.767. The Morgan fingerprint density at radius 3 is 2.62 bits per heavy atom. The van der Waals surface area contributed by atoms with Gasteiger partial charge in [-0.05, 0) is 18.9 Å². The number of pyridine rings is 1. The van der Waals surface area contributed by atoms with Gasteiger partial charge in [0.25, 0.3) is 0 Å². The molecule has 1 aromatic heterocycles. The summed E-state index contributed by atoms with van der Waals surface area (Å²) < 4.78 is 0. The number of hydrogen-bond donors (Lipinski definition) is 2. The van der Waals surface area contributed by atoms with E-state index in [9.17, 15) is 0 Å². The standard InChI is InChI=1S/C10H12BN3O2/c12-6-8-5-9(11(15)16)7-13-10(8)14-3-1-2-4-14/h5,7,15-16H,1-4H2. The van der Waals surface area contributed by atoms with Gasteiger partial charge in [0.2, 0.25) is 0 Å². The summed E-state index contributed by atoms with van der Waals surface area (Å²) in [4.78, 5) is 6.18. The van der Waals surface area contributed by atoms with E-state index in [1.165, 1.54) is 12.3 Å². The third kappa shape index (κ3) is 2.01. The van der Waals surface area contributed by atoms with Gasteiger partial charge < -0.3 is 14.9 Å². The zero-order valence-corrected chi connectivity index (χ0v) is 8.80. The van der Waals surface area contributed by atoms with Gasteiger partial charge in [0, 0.05) is 24.7 Å². The summed E-state index contributed by atoms with van der Waals surface area (Å²) in [7, 11) is -1.58. The van der Waals surface area contributed by atoms with Crippen molar-refractivity contribution in [1.82, 2.24) is 4.98 Å². The quantitative estimate of drug-likeness (QED) is 0.636. The molecule has 0 atom stereocenters. The molecule has 0 unspecified atom stereocenters. The van der Waals surface area contributed by atoms with Crippen LogP contribution in [0.1, 0.15) is 18.4 Å². The first kappa shape index (κ1) is 10.9. The number of anilines is 1. The van der Waals surface area contributed by atoms with Crippen LogP contribution < -0.4 is 10.4 Å². The van der Waals surface area contributed by atoms with Gasteiger partial charge in [-0.3, -0.25) is 0 Å². The Bertz CT molecular complexity index is 425. The monoisotopic (exact) mass is 217 g/mol. The van der Waals surface area contributed by atoms with Crippen molar-refractivity contribution < 1.29 is 10.0 Å². The van der Waals surface area contributed by atoms with Crippen molar-refractivity contribution >= 4 is 18.4 Å². The second-order valence-electron chi connectivity index (χ2n) is 3.82. The van der Waals surface area contributed by atoms with Crippen molar-refractivity contribution in [3.8, 4) is 6.07 Å². The van der Waals surface area contributed by atoms with E-state index in [0.717, 1.165) is 25.9 Å². The maximum Gasteiger partial charge on any atom is 0.490 e. The van der Waals surface area contributed by atoms with Crippen LogP contribution >= 0.6 is 0 Å². The summed E-state index contributed by atoms with van der Waals surface area (Å²) in [5.74, 6) is 0.643. The Hall–Kier alpha value is -1.58. The minimum absolute atomic E-state index is 0.250. The molecule has 82 valence electrons. The summed E-state index contributed by atoms with van der Waals surface area (Å²) in [6, 6.07) is 3.52. The maximum atomic E-state index is 9.01. The number of aromatic nitrogens is 1. The second-order valence-corrected chi connectivity index (χ2v) is 3.82. The van der Waals surface area contributed by atoms with Crippen LogP contribution in [-0.4, -0.2) is 35.2 Å². The van der Waals surface area contributed by atoms with Crippen molar-refractivity contribution in [2.45, 2.75) is 12.8 Å². The number of nitriles is 1. The molecular weight excluding hydrogens is 205 g/mol. The zero-order valence-electron chi connectivity index (χ0n) is 8.80. The van der Waals surface area contributed by atoms with Gasteiger partial charge in [0.15, 0.2) is 0 Å². The molecule has 5 nitrogen and oxygen atoms in total. The molecule has 16 heavy (non-hydrogen) atoms. The van der Waals surface area contributed by atoms with E-state index in [1.54, 1.807) is 0 Å². The summed E-state index contributed by atoms with van der Waals surface area (Å²) in [6.07, 6.45) is 3.62. The fourth-order valence-electron chi connectivity index (χ4n) is 1.88. The highest BCUT2D eigenvalue weighted by Gasteiger charge is 2.20. The molecule has 1 aromatic rings. The van der Waals surface area contributed by atoms with Gasteiger partial charge in [-0.15, -0.1) is 0 Å². The van der Waals surface area contributed by atoms with E-state index in [4.69, 9.17) is 15.3 Å². The molecule has 2 rings (SSSR count). The normalized spacial score (nSPS) is 14.9. The van der Waals surface area contributed by atoms with Gasteiger partial charge in [-0.2, -0.15) is 5.26 Å². The lowest BCUT2D eigenvalue weighted by molar-refractivity contribution is 0.425. The lowest BCUT2D eigenvalue weighted by Crippen LogP contribution is -2.31. The summed E-state index contributed by atoms with van der Waals surface area (Å²) in [5.41, 5.74) is 0.645. The molecule has 2 heterocycles. The van der Waals surface area contributed by atoms with Gasteiger partial charge in [-0.1, -0.05) is 0 Å². The minimum Gasteiger partial charge on any atom is -0.423 e. The first-order valence-corrected chi connectivity index (χ1v) is 5.23. The van der Waals surface area contributed by atoms with Crippen LogP contribution in [0.15, 0.2) is 12.3 Å². The van der Waals surface area contributed by atoms with Gasteiger partial charge in [-0.25, -0.2) is 4.98 Å². The first-order valence-electron chi connectivity index (χ1n) is 5.23. The van der Waals surface area contributed by atoms with Crippen molar-refractivity contribution in [3.63, 3.8) is 0 Å². The van der Waals surface area contributed by atoms with Crippen LogP contribution in [-0.2, 0) is 0 Å². The molecule has 2 N–H and O–H groups in total. The highest BCUT2D eigenvalue weighted by atomic mass is 16.4. The van der Waals surface area contributed by atoms with Crippen molar-refractivity contribution in [2.24, 2.45) is 0 Å². The smallest absolute Gasteiger partial charge is 0.423 e. The van der Waals surface area contributed by atoms with E-state index >= 15 is 0 Å². The Morgan fingerprint density at radius 1 is 1.38 bits per heavy atom. The van der Waals surface area contributed by atoms with Crippen LogP contribution in [0.4, 0.5) is 5.82 Å². The molecule has 1 aliphatic rings. The Labute approximate surface area is 94.1 Å². The first-order chi connectivity index (χ1) is 7.72. The molecule has 0 aliphatic carbocycles. The van der Waals surface area contributed by atoms with Crippen molar-refractivity contribution in [3.05, 3.63) is 17.8 Å². The Balaban J connectivity index is 2.35. The van der Waals surface area contributed by atoms with Crippen LogP contribution in [0.25, 0.3) is 0 Å². The third-order valence-corrected chi connectivity index (χ3v) is 2.71.